The average molecular weight is 328 g/mol. The molecule has 0 bridgehead atoms. The van der Waals surface area contributed by atoms with E-state index in [1.165, 1.54) is 11.1 Å². The molecule has 2 aromatic rings. The Morgan fingerprint density at radius 1 is 1.10 bits per heavy atom. The van der Waals surface area contributed by atoms with E-state index in [2.05, 4.69) is 53.3 Å². The Morgan fingerprint density at radius 2 is 1.90 bits per heavy atom. The first-order valence-corrected chi connectivity index (χ1v) is 7.24. The summed E-state index contributed by atoms with van der Waals surface area (Å²) in [5, 5.41) is 2.90. The maximum Gasteiger partial charge on any atom is 0.256 e. The highest BCUT2D eigenvalue weighted by molar-refractivity contribution is 9.10. The lowest BCUT2D eigenvalue weighted by atomic mass is 10.00. The Kier molecular flexibility index (Phi) is 3.22. The molecule has 2 aromatic carbocycles. The second kappa shape index (κ2) is 4.91. The van der Waals surface area contributed by atoms with Gasteiger partial charge in [0.15, 0.2) is 0 Å². The van der Waals surface area contributed by atoms with E-state index in [-0.39, 0.29) is 5.91 Å². The number of nitrogens with one attached hydrogen (secondary N) is 1. The van der Waals surface area contributed by atoms with E-state index in [1.807, 2.05) is 24.3 Å². The third kappa shape index (κ3) is 2.29. The van der Waals surface area contributed by atoms with Gasteiger partial charge in [0.2, 0.25) is 0 Å². The maximum absolute atomic E-state index is 12.1. The molecule has 0 unspecified atom stereocenters. The number of carbonyl (C=O) groups excluding carboxylic acids is 1. The third-order valence-corrected chi connectivity index (χ3v) is 3.99. The van der Waals surface area contributed by atoms with Gasteiger partial charge in [-0.25, -0.2) is 0 Å². The molecule has 0 fully saturated rings. The largest absolute Gasteiger partial charge is 0.321 e. The lowest BCUT2D eigenvalue weighted by Crippen LogP contribution is -2.03. The summed E-state index contributed by atoms with van der Waals surface area (Å²) in [4.78, 5) is 12.1. The fourth-order valence-corrected chi connectivity index (χ4v) is 2.74. The van der Waals surface area contributed by atoms with Gasteiger partial charge < -0.3 is 5.32 Å². The van der Waals surface area contributed by atoms with Crippen LogP contribution >= 0.6 is 15.9 Å². The molecule has 0 spiro atoms. The Balaban J connectivity index is 2.15. The minimum Gasteiger partial charge on any atom is -0.321 e. The van der Waals surface area contributed by atoms with Gasteiger partial charge in [-0.3, -0.25) is 4.79 Å². The molecule has 100 valence electrons. The van der Waals surface area contributed by atoms with Crippen LogP contribution in [0.2, 0.25) is 0 Å². The van der Waals surface area contributed by atoms with Crippen molar-refractivity contribution in [1.29, 1.82) is 0 Å². The number of hydrogen-bond acceptors (Lipinski definition) is 1. The molecule has 0 saturated heterocycles. The summed E-state index contributed by atoms with van der Waals surface area (Å²) in [5.41, 5.74) is 5.98. The van der Waals surface area contributed by atoms with Gasteiger partial charge in [0.1, 0.15) is 0 Å². The molecule has 0 aliphatic carbocycles. The zero-order chi connectivity index (χ0) is 14.3. The highest BCUT2D eigenvalue weighted by Gasteiger charge is 2.24. The van der Waals surface area contributed by atoms with Crippen LogP contribution in [-0.2, 0) is 4.79 Å². The van der Waals surface area contributed by atoms with Gasteiger partial charge in [-0.15, -0.1) is 0 Å². The Morgan fingerprint density at radius 3 is 2.70 bits per heavy atom. The van der Waals surface area contributed by atoms with Gasteiger partial charge in [0, 0.05) is 21.3 Å². The number of amides is 1. The average Bonchev–Trinajstić information content (AvgIpc) is 2.70. The molecule has 0 radical (unpaired) electrons. The van der Waals surface area contributed by atoms with Crippen molar-refractivity contribution >= 4 is 39.2 Å². The number of fused-ring (bicyclic) bond motifs is 1. The first-order valence-electron chi connectivity index (χ1n) is 6.45. The Labute approximate surface area is 126 Å². The number of benzene rings is 2. The molecule has 1 N–H and O–H groups in total. The van der Waals surface area contributed by atoms with Gasteiger partial charge in [-0.05, 0) is 49.2 Å². The van der Waals surface area contributed by atoms with Crippen molar-refractivity contribution < 1.29 is 4.79 Å². The molecule has 1 heterocycles. The summed E-state index contributed by atoms with van der Waals surface area (Å²) in [6.45, 7) is 4.11. The highest BCUT2D eigenvalue weighted by atomic mass is 79.9. The van der Waals surface area contributed by atoms with Crippen molar-refractivity contribution in [3.63, 3.8) is 0 Å². The van der Waals surface area contributed by atoms with Crippen molar-refractivity contribution in [2.75, 3.05) is 5.32 Å². The number of anilines is 1. The fourth-order valence-electron chi connectivity index (χ4n) is 2.37. The maximum atomic E-state index is 12.1. The van der Waals surface area contributed by atoms with Crippen LogP contribution in [0.25, 0.3) is 11.6 Å². The van der Waals surface area contributed by atoms with Crippen LogP contribution in [0.5, 0.6) is 0 Å². The SMILES string of the molecule is Cc1ccc(C)c(C=C2C(=O)Nc3ccc(Br)cc32)c1. The standard InChI is InChI=1S/C17H14BrNO/c1-10-3-4-11(2)12(7-10)8-15-14-9-13(18)5-6-16(14)19-17(15)20/h3-9H,1-2H3,(H,19,20). The van der Waals surface area contributed by atoms with Crippen LogP contribution in [0.4, 0.5) is 5.69 Å². The monoisotopic (exact) mass is 327 g/mol. The van der Waals surface area contributed by atoms with Gasteiger partial charge in [-0.1, -0.05) is 39.7 Å². The van der Waals surface area contributed by atoms with Crippen molar-refractivity contribution in [3.05, 3.63) is 63.1 Å². The van der Waals surface area contributed by atoms with Crippen molar-refractivity contribution in [2.24, 2.45) is 0 Å². The van der Waals surface area contributed by atoms with E-state index < -0.39 is 0 Å². The molecule has 0 atom stereocenters. The van der Waals surface area contributed by atoms with E-state index in [1.54, 1.807) is 0 Å². The topological polar surface area (TPSA) is 29.1 Å². The second-order valence-electron chi connectivity index (χ2n) is 5.06. The molecule has 0 aromatic heterocycles. The summed E-state index contributed by atoms with van der Waals surface area (Å²) in [6, 6.07) is 12.1. The van der Waals surface area contributed by atoms with E-state index in [9.17, 15) is 4.79 Å². The van der Waals surface area contributed by atoms with E-state index in [0.29, 0.717) is 0 Å². The molecule has 1 aliphatic heterocycles. The van der Waals surface area contributed by atoms with Gasteiger partial charge in [0.05, 0.1) is 0 Å². The number of hydrogen-bond donors (Lipinski definition) is 1. The van der Waals surface area contributed by atoms with Crippen LogP contribution in [0.3, 0.4) is 0 Å². The smallest absolute Gasteiger partial charge is 0.256 e. The summed E-state index contributed by atoms with van der Waals surface area (Å²) < 4.78 is 0.972. The minimum atomic E-state index is -0.0426. The van der Waals surface area contributed by atoms with E-state index in [4.69, 9.17) is 0 Å². The number of rotatable bonds is 1. The fraction of sp³-hybridized carbons (Fsp3) is 0.118. The molecule has 3 rings (SSSR count). The number of aryl methyl sites for hydroxylation is 2. The Hall–Kier alpha value is -1.87. The molecule has 1 aliphatic rings. The lowest BCUT2D eigenvalue weighted by molar-refractivity contribution is -0.110. The number of halogens is 1. The van der Waals surface area contributed by atoms with Gasteiger partial charge >= 0.3 is 0 Å². The summed E-state index contributed by atoms with van der Waals surface area (Å²) in [6.07, 6.45) is 1.97. The molecule has 20 heavy (non-hydrogen) atoms. The van der Waals surface area contributed by atoms with Gasteiger partial charge in [-0.2, -0.15) is 0 Å². The normalized spacial score (nSPS) is 15.3. The Bertz CT molecular complexity index is 747. The predicted molar refractivity (Wildman–Crippen MR) is 86.6 cm³/mol. The van der Waals surface area contributed by atoms with Gasteiger partial charge in [0.25, 0.3) is 5.91 Å². The molecule has 3 heteroatoms. The first-order chi connectivity index (χ1) is 9.54. The zero-order valence-corrected chi connectivity index (χ0v) is 12.9. The summed E-state index contributed by atoms with van der Waals surface area (Å²) in [7, 11) is 0. The van der Waals surface area contributed by atoms with Crippen LogP contribution in [0, 0.1) is 13.8 Å². The highest BCUT2D eigenvalue weighted by Crippen LogP contribution is 2.35. The van der Waals surface area contributed by atoms with Crippen molar-refractivity contribution in [2.45, 2.75) is 13.8 Å². The molecular weight excluding hydrogens is 314 g/mol. The summed E-state index contributed by atoms with van der Waals surface area (Å²) in [5.74, 6) is -0.0426. The van der Waals surface area contributed by atoms with Crippen LogP contribution in [-0.4, -0.2) is 5.91 Å². The molecule has 1 amide bonds. The lowest BCUT2D eigenvalue weighted by Gasteiger charge is -2.04. The second-order valence-corrected chi connectivity index (χ2v) is 5.98. The quantitative estimate of drug-likeness (QED) is 0.764. The van der Waals surface area contributed by atoms with Crippen molar-refractivity contribution in [3.8, 4) is 0 Å². The first kappa shape index (κ1) is 13.1. The predicted octanol–water partition coefficient (Wildman–Crippen LogP) is 4.56. The third-order valence-electron chi connectivity index (χ3n) is 3.50. The van der Waals surface area contributed by atoms with Crippen LogP contribution in [0.1, 0.15) is 22.3 Å². The minimum absolute atomic E-state index is 0.0426. The molecule has 2 nitrogen and oxygen atoms in total. The molecular formula is C17H14BrNO. The van der Waals surface area contributed by atoms with E-state index in [0.717, 1.165) is 26.9 Å². The molecule has 0 saturated carbocycles. The zero-order valence-electron chi connectivity index (χ0n) is 11.3. The van der Waals surface area contributed by atoms with Crippen LogP contribution < -0.4 is 5.32 Å². The van der Waals surface area contributed by atoms with Crippen LogP contribution in [0.15, 0.2) is 40.9 Å². The van der Waals surface area contributed by atoms with E-state index >= 15 is 0 Å². The number of carbonyl (C=O) groups is 1. The van der Waals surface area contributed by atoms with Crippen molar-refractivity contribution in [1.82, 2.24) is 0 Å². The summed E-state index contributed by atoms with van der Waals surface area (Å²) >= 11 is 3.46.